The van der Waals surface area contributed by atoms with E-state index in [2.05, 4.69) is 15.0 Å². The first-order valence-electron chi connectivity index (χ1n) is 15.4. The fourth-order valence-corrected chi connectivity index (χ4v) is 6.54. The van der Waals surface area contributed by atoms with Crippen LogP contribution in [0.2, 0.25) is 0 Å². The molecular weight excluding hydrogens is 578 g/mol. The Balaban J connectivity index is 1.38. The molecule has 238 valence electrons. The number of hydrogen-bond donors (Lipinski definition) is 1. The summed E-state index contributed by atoms with van der Waals surface area (Å²) in [6.07, 6.45) is 0.725. The van der Waals surface area contributed by atoms with Crippen molar-refractivity contribution in [2.45, 2.75) is 103 Å². The van der Waals surface area contributed by atoms with E-state index in [0.29, 0.717) is 24.1 Å². The highest BCUT2D eigenvalue weighted by Gasteiger charge is 2.49. The smallest absolute Gasteiger partial charge is 0.471 e. The summed E-state index contributed by atoms with van der Waals surface area (Å²) in [7, 11) is 0. The number of nitrogens with one attached hydrogen (secondary N) is 1. The Hall–Kier alpha value is -3.77. The summed E-state index contributed by atoms with van der Waals surface area (Å²) in [6.45, 7) is 7.47. The quantitative estimate of drug-likeness (QED) is 0.474. The monoisotopic (exact) mass is 616 g/mol. The molecule has 1 aromatic carbocycles. The molecule has 4 aliphatic rings. The second-order valence-corrected chi connectivity index (χ2v) is 13.2. The normalized spacial score (nSPS) is 30.3. The Kier molecular flexibility index (Phi) is 7.77. The lowest BCUT2D eigenvalue weighted by molar-refractivity contribution is -0.286. The summed E-state index contributed by atoms with van der Waals surface area (Å²) in [6, 6.07) is 1.16. The molecule has 44 heavy (non-hydrogen) atoms. The maximum atomic E-state index is 14.0. The Morgan fingerprint density at radius 1 is 1.09 bits per heavy atom. The predicted octanol–water partition coefficient (Wildman–Crippen LogP) is 4.78. The van der Waals surface area contributed by atoms with Gasteiger partial charge in [0, 0.05) is 5.92 Å². The van der Waals surface area contributed by atoms with Crippen molar-refractivity contribution >= 4 is 29.3 Å². The zero-order chi connectivity index (χ0) is 31.4. The predicted molar refractivity (Wildman–Crippen MR) is 152 cm³/mol. The van der Waals surface area contributed by atoms with E-state index in [1.165, 1.54) is 11.0 Å². The van der Waals surface area contributed by atoms with Crippen molar-refractivity contribution in [2.24, 2.45) is 17.3 Å². The maximum absolute atomic E-state index is 14.0. The summed E-state index contributed by atoms with van der Waals surface area (Å²) in [5.74, 6) is -0.774. The highest BCUT2D eigenvalue weighted by molar-refractivity contribution is 5.89. The summed E-state index contributed by atoms with van der Waals surface area (Å²) in [4.78, 5) is 50.2. The summed E-state index contributed by atoms with van der Waals surface area (Å²) in [5, 5.41) is 2.78. The Bertz CT molecular complexity index is 1460. The van der Waals surface area contributed by atoms with E-state index < -0.39 is 47.8 Å². The number of alkyl carbamates (subject to hydrolysis) is 1. The lowest BCUT2D eigenvalue weighted by Crippen LogP contribution is -2.56. The Morgan fingerprint density at radius 3 is 2.61 bits per heavy atom. The van der Waals surface area contributed by atoms with E-state index >= 15 is 0 Å². The van der Waals surface area contributed by atoms with Crippen molar-refractivity contribution in [2.75, 3.05) is 6.54 Å². The van der Waals surface area contributed by atoms with E-state index in [4.69, 9.17) is 19.2 Å². The third-order valence-electron chi connectivity index (χ3n) is 9.03. The average molecular weight is 617 g/mol. The second kappa shape index (κ2) is 11.3. The molecule has 2 fully saturated rings. The zero-order valence-electron chi connectivity index (χ0n) is 25.3. The van der Waals surface area contributed by atoms with Gasteiger partial charge in [0.2, 0.25) is 17.5 Å². The number of hydrogen-bond acceptors (Lipinski definition) is 9. The molecule has 2 bridgehead atoms. The molecule has 4 heterocycles. The standard InChI is InChI=1S/C31H38F2N4O7/c1-5-17-20(15-38)37-14-23(17)41-27-19(34-18-11-12-21-25(24(18)35-27)44-31(32,33)43-21)10-8-6-7-9-16-13-22(16)42-29(40)36-26(28(37)39)30(2,3)4/h11-12,15-17,20,22-23,26H,5-10,13-14H2,1-4H3,(H,36,40)/t16-,17+,20-,22-,23+,26-/m1/s1. The molecule has 1 N–H and O–H groups in total. The Labute approximate surface area is 254 Å². The number of carbonyl (C=O) groups is 3. The number of halogens is 2. The summed E-state index contributed by atoms with van der Waals surface area (Å²) < 4.78 is 49.5. The van der Waals surface area contributed by atoms with Crippen LogP contribution in [0.25, 0.3) is 11.0 Å². The van der Waals surface area contributed by atoms with Gasteiger partial charge in [0.15, 0.2) is 5.75 Å². The third kappa shape index (κ3) is 5.84. The summed E-state index contributed by atoms with van der Waals surface area (Å²) in [5.41, 5.74) is 0.299. The molecule has 1 saturated heterocycles. The SMILES string of the molecule is CC[C@@H]1[C@@H]2CN(C(=O)[C@H](C(C)(C)C)NC(=O)O[C@@H]3C[C@H]3CCCCCc3nc4ccc5c(c4nc3O2)OC(F)(F)O5)[C@@H]1C=O. The number of carbonyl (C=O) groups excluding carboxylic acids is 3. The van der Waals surface area contributed by atoms with Crippen molar-refractivity contribution < 1.29 is 42.1 Å². The highest BCUT2D eigenvalue weighted by Crippen LogP contribution is 2.46. The van der Waals surface area contributed by atoms with E-state index in [1.54, 1.807) is 6.07 Å². The Morgan fingerprint density at radius 2 is 1.89 bits per heavy atom. The summed E-state index contributed by atoms with van der Waals surface area (Å²) >= 11 is 0. The van der Waals surface area contributed by atoms with Crippen LogP contribution in [0.3, 0.4) is 0 Å². The van der Waals surface area contributed by atoms with Crippen LogP contribution >= 0.6 is 0 Å². The first kappa shape index (κ1) is 30.3. The maximum Gasteiger partial charge on any atom is 0.586 e. The first-order chi connectivity index (χ1) is 20.9. The molecule has 0 radical (unpaired) electrons. The fourth-order valence-electron chi connectivity index (χ4n) is 6.54. The number of nitrogens with zero attached hydrogens (tertiary/aromatic N) is 3. The number of aromatic nitrogens is 2. The van der Waals surface area contributed by atoms with Crippen molar-refractivity contribution in [3.8, 4) is 17.4 Å². The largest absolute Gasteiger partial charge is 0.586 e. The number of amides is 2. The molecule has 1 aliphatic carbocycles. The molecule has 1 aromatic heterocycles. The topological polar surface area (TPSA) is 129 Å². The van der Waals surface area contributed by atoms with E-state index in [-0.39, 0.29) is 41.5 Å². The fraction of sp³-hybridized carbons (Fsp3) is 0.645. The number of ether oxygens (including phenoxy) is 4. The number of fused-ring (bicyclic) bond motifs is 7. The minimum absolute atomic E-state index is 0.0541. The number of alkyl halides is 2. The molecule has 6 atom stereocenters. The second-order valence-electron chi connectivity index (χ2n) is 13.2. The minimum atomic E-state index is -3.83. The van der Waals surface area contributed by atoms with Gasteiger partial charge in [-0.05, 0) is 55.6 Å². The molecule has 13 heteroatoms. The van der Waals surface area contributed by atoms with Gasteiger partial charge < -0.3 is 34.0 Å². The first-order valence-corrected chi connectivity index (χ1v) is 15.4. The van der Waals surface area contributed by atoms with Crippen LogP contribution < -0.4 is 19.5 Å². The van der Waals surface area contributed by atoms with Gasteiger partial charge in [0.1, 0.15) is 35.7 Å². The van der Waals surface area contributed by atoms with Gasteiger partial charge in [0.05, 0.1) is 18.1 Å². The van der Waals surface area contributed by atoms with Crippen LogP contribution in [0.5, 0.6) is 17.4 Å². The lowest BCUT2D eigenvalue weighted by atomic mass is 9.85. The van der Waals surface area contributed by atoms with Gasteiger partial charge in [-0.3, -0.25) is 4.79 Å². The molecule has 3 aliphatic heterocycles. The van der Waals surface area contributed by atoms with Crippen molar-refractivity contribution in [1.29, 1.82) is 0 Å². The minimum Gasteiger partial charge on any atom is -0.471 e. The van der Waals surface area contributed by atoms with E-state index in [1.807, 2.05) is 27.7 Å². The van der Waals surface area contributed by atoms with Gasteiger partial charge >= 0.3 is 12.4 Å². The van der Waals surface area contributed by atoms with Gasteiger partial charge in [-0.2, -0.15) is 0 Å². The number of rotatable bonds is 2. The van der Waals surface area contributed by atoms with Crippen LogP contribution in [0.15, 0.2) is 12.1 Å². The third-order valence-corrected chi connectivity index (χ3v) is 9.03. The molecule has 2 aromatic rings. The van der Waals surface area contributed by atoms with Gasteiger partial charge in [-0.1, -0.05) is 40.5 Å². The van der Waals surface area contributed by atoms with Crippen LogP contribution in [0.4, 0.5) is 13.6 Å². The molecule has 2 amide bonds. The van der Waals surface area contributed by atoms with Crippen molar-refractivity contribution in [3.63, 3.8) is 0 Å². The van der Waals surface area contributed by atoms with E-state index in [9.17, 15) is 23.2 Å². The van der Waals surface area contributed by atoms with Gasteiger partial charge in [-0.25, -0.2) is 14.8 Å². The molecule has 0 unspecified atom stereocenters. The number of aryl methyl sites for hydroxylation is 1. The lowest BCUT2D eigenvalue weighted by Gasteiger charge is -2.34. The zero-order valence-corrected chi connectivity index (χ0v) is 25.3. The van der Waals surface area contributed by atoms with Gasteiger partial charge in [-0.15, -0.1) is 8.78 Å². The highest BCUT2D eigenvalue weighted by atomic mass is 19.3. The van der Waals surface area contributed by atoms with Gasteiger partial charge in [0.25, 0.3) is 0 Å². The number of aldehydes is 1. The average Bonchev–Trinajstić information content (AvgIpc) is 3.45. The van der Waals surface area contributed by atoms with Crippen LogP contribution in [0, 0.1) is 17.3 Å². The molecule has 11 nitrogen and oxygen atoms in total. The molecule has 1 saturated carbocycles. The van der Waals surface area contributed by atoms with E-state index in [0.717, 1.165) is 38.4 Å². The van der Waals surface area contributed by atoms with Crippen LogP contribution in [-0.2, 0) is 20.7 Å². The molecular formula is C31H38F2N4O7. The van der Waals surface area contributed by atoms with Crippen molar-refractivity contribution in [3.05, 3.63) is 17.8 Å². The van der Waals surface area contributed by atoms with Crippen molar-refractivity contribution in [1.82, 2.24) is 20.2 Å². The molecule has 0 spiro atoms. The van der Waals surface area contributed by atoms with Crippen LogP contribution in [-0.4, -0.2) is 70.3 Å². The molecule has 6 rings (SSSR count). The van der Waals surface area contributed by atoms with Crippen LogP contribution in [0.1, 0.15) is 71.9 Å². The number of benzene rings is 1.